The van der Waals surface area contributed by atoms with Crippen LogP contribution in [0.1, 0.15) is 47.5 Å². The van der Waals surface area contributed by atoms with Crippen LogP contribution >= 0.6 is 0 Å². The van der Waals surface area contributed by atoms with Gasteiger partial charge in [-0.05, 0) is 35.2 Å². The number of hydrogen-bond acceptors (Lipinski definition) is 7. The van der Waals surface area contributed by atoms with Crippen LogP contribution in [-0.4, -0.2) is 55.4 Å². The van der Waals surface area contributed by atoms with Crippen molar-refractivity contribution in [1.29, 1.82) is 0 Å². The van der Waals surface area contributed by atoms with Crippen molar-refractivity contribution in [3.8, 4) is 0 Å². The Labute approximate surface area is 223 Å². The van der Waals surface area contributed by atoms with E-state index in [1.165, 1.54) is 0 Å². The normalized spacial score (nSPS) is 24.5. The van der Waals surface area contributed by atoms with Crippen molar-refractivity contribution < 1.29 is 28.1 Å². The third kappa shape index (κ3) is 6.68. The predicted octanol–water partition coefficient (Wildman–Crippen LogP) is 3.27. The third-order valence-electron chi connectivity index (χ3n) is 7.10. The molecule has 0 saturated carbocycles. The van der Waals surface area contributed by atoms with Gasteiger partial charge in [-0.25, -0.2) is 13.1 Å². The maximum Gasteiger partial charge on any atom is 0.240 e. The van der Waals surface area contributed by atoms with Gasteiger partial charge in [0, 0.05) is 38.2 Å². The molecule has 0 aliphatic carbocycles. The smallest absolute Gasteiger partial charge is 0.240 e. The van der Waals surface area contributed by atoms with Gasteiger partial charge >= 0.3 is 0 Å². The van der Waals surface area contributed by atoms with Crippen molar-refractivity contribution >= 4 is 10.0 Å². The highest BCUT2D eigenvalue weighted by atomic mass is 32.2. The lowest BCUT2D eigenvalue weighted by Gasteiger charge is -2.37. The maximum absolute atomic E-state index is 12.5. The predicted molar refractivity (Wildman–Crippen MR) is 142 cm³/mol. The van der Waals surface area contributed by atoms with Gasteiger partial charge in [0.05, 0.1) is 29.8 Å². The highest BCUT2D eigenvalue weighted by Crippen LogP contribution is 2.38. The number of likely N-dealkylation sites (tertiary alicyclic amines) is 1. The number of aliphatic hydroxyl groups is 2. The fourth-order valence-corrected chi connectivity index (χ4v) is 5.99. The van der Waals surface area contributed by atoms with Gasteiger partial charge in [0.2, 0.25) is 10.0 Å². The van der Waals surface area contributed by atoms with Crippen LogP contribution in [0.2, 0.25) is 0 Å². The van der Waals surface area contributed by atoms with E-state index in [1.54, 1.807) is 30.3 Å². The summed E-state index contributed by atoms with van der Waals surface area (Å²) in [6.45, 7) is 2.36. The fraction of sp³-hybridized carbons (Fsp3) is 0.379. The van der Waals surface area contributed by atoms with Gasteiger partial charge in [-0.2, -0.15) is 0 Å². The number of rotatable bonds is 9. The van der Waals surface area contributed by atoms with Crippen LogP contribution < -0.4 is 4.72 Å². The molecule has 38 heavy (non-hydrogen) atoms. The number of aliphatic hydroxyl groups excluding tert-OH is 2. The minimum absolute atomic E-state index is 0.00862. The zero-order chi connectivity index (χ0) is 26.5. The monoisotopic (exact) mass is 538 g/mol. The molecule has 1 unspecified atom stereocenters. The number of β-amino-alcohol motifs (C(OH)–C–C–N with tert-alkyl or cyclic N) is 1. The van der Waals surface area contributed by atoms with E-state index in [0.29, 0.717) is 19.5 Å². The molecule has 3 aromatic carbocycles. The summed E-state index contributed by atoms with van der Waals surface area (Å²) in [6, 6.07) is 23.6. The van der Waals surface area contributed by atoms with E-state index >= 15 is 0 Å². The molecule has 0 aromatic heterocycles. The van der Waals surface area contributed by atoms with Crippen LogP contribution in [0.25, 0.3) is 0 Å². The first-order chi connectivity index (χ1) is 18.4. The Bertz CT molecular complexity index is 1280. The Balaban J connectivity index is 1.28. The number of nitrogens with zero attached hydrogens (tertiary/aromatic N) is 1. The molecule has 0 radical (unpaired) electrons. The SMILES string of the molecule is O=S(=O)(NCc1ccc(C2O[C@H](CN3CC[C@@H](O)C3)C[C@H](c3ccc(CO)cc3)O2)cc1)c1ccccc1. The molecule has 3 N–H and O–H groups in total. The number of nitrogens with one attached hydrogen (secondary N) is 1. The second-order valence-electron chi connectivity index (χ2n) is 9.93. The van der Waals surface area contributed by atoms with E-state index < -0.39 is 16.3 Å². The standard InChI is InChI=1S/C29H34N2O6S/c32-20-22-8-10-23(11-9-22)28-16-26(19-31-15-14-25(33)18-31)36-29(37-28)24-12-6-21(7-13-24)17-30-38(34,35)27-4-2-1-3-5-27/h1-13,25-26,28-30,32-33H,14-20H2/t25-,26+,28-,29?/m1/s1. The van der Waals surface area contributed by atoms with Crippen molar-refractivity contribution in [2.75, 3.05) is 19.6 Å². The van der Waals surface area contributed by atoms with E-state index in [1.807, 2.05) is 48.5 Å². The van der Waals surface area contributed by atoms with Gasteiger partial charge in [0.25, 0.3) is 0 Å². The van der Waals surface area contributed by atoms with Gasteiger partial charge < -0.3 is 19.7 Å². The summed E-state index contributed by atoms with van der Waals surface area (Å²) < 4.78 is 40.5. The van der Waals surface area contributed by atoms with Crippen LogP contribution in [0, 0.1) is 0 Å². The molecule has 3 aromatic rings. The summed E-state index contributed by atoms with van der Waals surface area (Å²) in [5, 5.41) is 19.4. The lowest BCUT2D eigenvalue weighted by Crippen LogP contribution is -2.38. The van der Waals surface area contributed by atoms with E-state index in [9.17, 15) is 18.6 Å². The summed E-state index contributed by atoms with van der Waals surface area (Å²) >= 11 is 0. The summed E-state index contributed by atoms with van der Waals surface area (Å²) in [6.07, 6.45) is 0.309. The second-order valence-corrected chi connectivity index (χ2v) is 11.7. The van der Waals surface area contributed by atoms with Crippen molar-refractivity contribution in [1.82, 2.24) is 9.62 Å². The van der Waals surface area contributed by atoms with E-state index in [0.717, 1.165) is 35.2 Å². The first kappa shape index (κ1) is 27.0. The van der Waals surface area contributed by atoms with Crippen LogP contribution in [0.4, 0.5) is 0 Å². The van der Waals surface area contributed by atoms with E-state index in [2.05, 4.69) is 9.62 Å². The van der Waals surface area contributed by atoms with Crippen LogP contribution in [0.3, 0.4) is 0 Å². The largest absolute Gasteiger partial charge is 0.392 e. The number of benzene rings is 3. The molecule has 2 aliphatic heterocycles. The third-order valence-corrected chi connectivity index (χ3v) is 8.51. The molecule has 2 heterocycles. The number of ether oxygens (including phenoxy) is 2. The van der Waals surface area contributed by atoms with Crippen molar-refractivity contribution in [2.45, 2.75) is 55.5 Å². The molecule has 0 amide bonds. The molecule has 8 nitrogen and oxygen atoms in total. The van der Waals surface area contributed by atoms with Gasteiger partial charge in [-0.3, -0.25) is 4.90 Å². The molecular formula is C29H34N2O6S. The summed E-state index contributed by atoms with van der Waals surface area (Å²) in [5.41, 5.74) is 3.54. The number of sulfonamides is 1. The lowest BCUT2D eigenvalue weighted by atomic mass is 9.99. The first-order valence-corrected chi connectivity index (χ1v) is 14.4. The van der Waals surface area contributed by atoms with Gasteiger partial charge in [-0.15, -0.1) is 0 Å². The van der Waals surface area contributed by atoms with Crippen molar-refractivity contribution in [2.24, 2.45) is 0 Å². The molecule has 9 heteroatoms. The second kappa shape index (κ2) is 12.0. The molecule has 0 bridgehead atoms. The van der Waals surface area contributed by atoms with Crippen LogP contribution in [-0.2, 0) is 32.6 Å². The first-order valence-electron chi connectivity index (χ1n) is 12.9. The van der Waals surface area contributed by atoms with Crippen molar-refractivity contribution in [3.63, 3.8) is 0 Å². The molecule has 2 fully saturated rings. The molecule has 2 aliphatic rings. The topological polar surface area (TPSA) is 108 Å². The maximum atomic E-state index is 12.5. The number of hydrogen-bond donors (Lipinski definition) is 3. The zero-order valence-electron chi connectivity index (χ0n) is 21.1. The lowest BCUT2D eigenvalue weighted by molar-refractivity contribution is -0.252. The van der Waals surface area contributed by atoms with Gasteiger partial charge in [-0.1, -0.05) is 66.7 Å². The highest BCUT2D eigenvalue weighted by Gasteiger charge is 2.34. The minimum atomic E-state index is -3.59. The average molecular weight is 539 g/mol. The Hall–Kier alpha value is -2.63. The molecule has 202 valence electrons. The molecule has 0 spiro atoms. The molecule has 5 rings (SSSR count). The molecule has 4 atom stereocenters. The van der Waals surface area contributed by atoms with Crippen LogP contribution in [0.15, 0.2) is 83.8 Å². The Morgan fingerprint density at radius 2 is 1.58 bits per heavy atom. The summed E-state index contributed by atoms with van der Waals surface area (Å²) in [5.74, 6) is 0. The fourth-order valence-electron chi connectivity index (χ4n) is 4.95. The highest BCUT2D eigenvalue weighted by molar-refractivity contribution is 7.89. The van der Waals surface area contributed by atoms with Gasteiger partial charge in [0.15, 0.2) is 6.29 Å². The quantitative estimate of drug-likeness (QED) is 0.384. The van der Waals surface area contributed by atoms with Gasteiger partial charge in [0.1, 0.15) is 0 Å². The summed E-state index contributed by atoms with van der Waals surface area (Å²) in [7, 11) is -3.59. The van der Waals surface area contributed by atoms with E-state index in [-0.39, 0.29) is 36.4 Å². The van der Waals surface area contributed by atoms with E-state index in [4.69, 9.17) is 9.47 Å². The zero-order valence-corrected chi connectivity index (χ0v) is 22.0. The van der Waals surface area contributed by atoms with Crippen molar-refractivity contribution in [3.05, 3.63) is 101 Å². The summed E-state index contributed by atoms with van der Waals surface area (Å²) in [4.78, 5) is 2.46. The Kier molecular flexibility index (Phi) is 8.54. The Morgan fingerprint density at radius 1 is 0.895 bits per heavy atom. The average Bonchev–Trinajstić information content (AvgIpc) is 3.36. The molecular weight excluding hydrogens is 504 g/mol. The molecule has 2 saturated heterocycles. The Morgan fingerprint density at radius 3 is 2.24 bits per heavy atom. The minimum Gasteiger partial charge on any atom is -0.392 e. The van der Waals surface area contributed by atoms with Crippen LogP contribution in [0.5, 0.6) is 0 Å².